The maximum atomic E-state index is 9.84. The number of hydrogen-bond donors (Lipinski definition) is 3. The van der Waals surface area contributed by atoms with E-state index in [0.717, 1.165) is 24.2 Å². The fourth-order valence-electron chi connectivity index (χ4n) is 2.47. The van der Waals surface area contributed by atoms with Crippen molar-refractivity contribution in [1.82, 2.24) is 14.9 Å². The van der Waals surface area contributed by atoms with Gasteiger partial charge in [-0.2, -0.15) is 0 Å². The number of aromatic nitrogens is 2. The molecule has 0 unspecified atom stereocenters. The number of nitrogens with two attached hydrogens (primary N) is 1. The average Bonchev–Trinajstić information content (AvgIpc) is 2.44. The van der Waals surface area contributed by atoms with Crippen LogP contribution >= 0.6 is 0 Å². The van der Waals surface area contributed by atoms with Crippen LogP contribution in [0.4, 0.5) is 5.95 Å². The van der Waals surface area contributed by atoms with Crippen LogP contribution in [0.25, 0.3) is 0 Å². The lowest BCUT2D eigenvalue weighted by Crippen LogP contribution is -2.31. The summed E-state index contributed by atoms with van der Waals surface area (Å²) in [7, 11) is 0. The molecule has 3 rings (SSSR count). The molecule has 1 aromatic carbocycles. The average molecular weight is 272 g/mol. The molecular formula is C14H16N4O2. The van der Waals surface area contributed by atoms with Crippen LogP contribution < -0.4 is 5.73 Å². The largest absolute Gasteiger partial charge is 0.504 e. The molecule has 1 aromatic heterocycles. The highest BCUT2D eigenvalue weighted by atomic mass is 16.3. The third-order valence-corrected chi connectivity index (χ3v) is 3.52. The number of benzene rings is 1. The number of aromatic hydroxyl groups is 2. The standard InChI is InChI=1S/C14H16N4O2/c15-14-16-6-10-8-18(5-4-11(10)17-14)7-9-2-1-3-12(19)13(9)20/h1-3,6,19-20H,4-5,7-8H2,(H2,15,16,17). The zero-order chi connectivity index (χ0) is 14.1. The fourth-order valence-corrected chi connectivity index (χ4v) is 2.47. The minimum absolute atomic E-state index is 0.0492. The van der Waals surface area contributed by atoms with E-state index in [1.165, 1.54) is 6.07 Å². The van der Waals surface area contributed by atoms with Crippen molar-refractivity contribution in [2.24, 2.45) is 0 Å². The van der Waals surface area contributed by atoms with E-state index in [9.17, 15) is 10.2 Å². The van der Waals surface area contributed by atoms with Gasteiger partial charge in [-0.3, -0.25) is 4.90 Å². The Morgan fingerprint density at radius 1 is 1.30 bits per heavy atom. The van der Waals surface area contributed by atoms with E-state index in [1.54, 1.807) is 12.3 Å². The third kappa shape index (κ3) is 2.37. The number of phenols is 2. The highest BCUT2D eigenvalue weighted by Gasteiger charge is 2.19. The maximum absolute atomic E-state index is 9.84. The summed E-state index contributed by atoms with van der Waals surface area (Å²) in [6.45, 7) is 2.12. The van der Waals surface area contributed by atoms with Crippen molar-refractivity contribution >= 4 is 5.95 Å². The van der Waals surface area contributed by atoms with E-state index in [4.69, 9.17) is 5.73 Å². The normalized spacial score (nSPS) is 15.0. The van der Waals surface area contributed by atoms with Gasteiger partial charge in [0.05, 0.1) is 5.69 Å². The third-order valence-electron chi connectivity index (χ3n) is 3.52. The highest BCUT2D eigenvalue weighted by molar-refractivity contribution is 5.44. The van der Waals surface area contributed by atoms with Gasteiger partial charge in [-0.15, -0.1) is 0 Å². The predicted molar refractivity (Wildman–Crippen MR) is 74.0 cm³/mol. The fraction of sp³-hybridized carbons (Fsp3) is 0.286. The van der Waals surface area contributed by atoms with Crippen molar-refractivity contribution in [2.45, 2.75) is 19.5 Å². The first kappa shape index (κ1) is 12.7. The molecule has 0 atom stereocenters. The molecule has 104 valence electrons. The van der Waals surface area contributed by atoms with Gasteiger partial charge in [-0.05, 0) is 6.07 Å². The molecule has 0 radical (unpaired) electrons. The molecule has 0 saturated carbocycles. The molecule has 0 bridgehead atoms. The smallest absolute Gasteiger partial charge is 0.220 e. The number of phenolic OH excluding ortho intramolecular Hbond substituents is 2. The molecule has 1 aliphatic rings. The molecule has 0 spiro atoms. The SMILES string of the molecule is Nc1ncc2c(n1)CCN(Cc1cccc(O)c1O)C2. The van der Waals surface area contributed by atoms with Gasteiger partial charge in [0.1, 0.15) is 0 Å². The van der Waals surface area contributed by atoms with Gasteiger partial charge in [0.15, 0.2) is 11.5 Å². The second-order valence-electron chi connectivity index (χ2n) is 4.95. The zero-order valence-electron chi connectivity index (χ0n) is 11.0. The van der Waals surface area contributed by atoms with E-state index in [0.29, 0.717) is 24.6 Å². The van der Waals surface area contributed by atoms with Crippen molar-refractivity contribution in [2.75, 3.05) is 12.3 Å². The molecule has 0 saturated heterocycles. The number of nitrogens with zero attached hydrogens (tertiary/aromatic N) is 3. The summed E-state index contributed by atoms with van der Waals surface area (Å²) in [6.07, 6.45) is 2.56. The van der Waals surface area contributed by atoms with Crippen molar-refractivity contribution < 1.29 is 10.2 Å². The molecule has 0 aliphatic carbocycles. The molecule has 0 amide bonds. The first-order chi connectivity index (χ1) is 9.63. The quantitative estimate of drug-likeness (QED) is 0.707. The Labute approximate surface area is 116 Å². The Hall–Kier alpha value is -2.34. The molecule has 2 heterocycles. The van der Waals surface area contributed by atoms with Crippen LogP contribution in [0.1, 0.15) is 16.8 Å². The van der Waals surface area contributed by atoms with Gasteiger partial charge in [0, 0.05) is 43.4 Å². The van der Waals surface area contributed by atoms with Gasteiger partial charge in [0.2, 0.25) is 5.95 Å². The van der Waals surface area contributed by atoms with Crippen LogP contribution in [0.2, 0.25) is 0 Å². The van der Waals surface area contributed by atoms with E-state index in [2.05, 4.69) is 14.9 Å². The van der Waals surface area contributed by atoms with E-state index in [-0.39, 0.29) is 11.5 Å². The number of rotatable bonds is 2. The minimum Gasteiger partial charge on any atom is -0.504 e. The summed E-state index contributed by atoms with van der Waals surface area (Å²) < 4.78 is 0. The van der Waals surface area contributed by atoms with Gasteiger partial charge >= 0.3 is 0 Å². The number of anilines is 1. The summed E-state index contributed by atoms with van der Waals surface area (Å²) in [5, 5.41) is 19.4. The summed E-state index contributed by atoms with van der Waals surface area (Å²) >= 11 is 0. The summed E-state index contributed by atoms with van der Waals surface area (Å²) in [5.74, 6) is 0.172. The monoisotopic (exact) mass is 272 g/mol. The van der Waals surface area contributed by atoms with Crippen molar-refractivity contribution in [3.63, 3.8) is 0 Å². The predicted octanol–water partition coefficient (Wildman–Crippen LogP) is 1.03. The lowest BCUT2D eigenvalue weighted by Gasteiger charge is -2.28. The lowest BCUT2D eigenvalue weighted by molar-refractivity contribution is 0.239. The molecule has 6 heteroatoms. The van der Waals surface area contributed by atoms with Crippen molar-refractivity contribution in [1.29, 1.82) is 0 Å². The maximum Gasteiger partial charge on any atom is 0.220 e. The minimum atomic E-state index is -0.0870. The molecule has 6 nitrogen and oxygen atoms in total. The van der Waals surface area contributed by atoms with Crippen LogP contribution in [-0.4, -0.2) is 31.6 Å². The molecular weight excluding hydrogens is 256 g/mol. The Balaban J connectivity index is 1.77. The zero-order valence-corrected chi connectivity index (χ0v) is 11.0. The summed E-state index contributed by atoms with van der Waals surface area (Å²) in [6, 6.07) is 5.01. The van der Waals surface area contributed by atoms with Crippen LogP contribution in [0.3, 0.4) is 0 Å². The molecule has 20 heavy (non-hydrogen) atoms. The van der Waals surface area contributed by atoms with E-state index >= 15 is 0 Å². The molecule has 1 aliphatic heterocycles. The molecule has 2 aromatic rings. The number of para-hydroxylation sites is 1. The first-order valence-corrected chi connectivity index (χ1v) is 6.46. The second kappa shape index (κ2) is 4.97. The van der Waals surface area contributed by atoms with E-state index in [1.807, 2.05) is 6.07 Å². The Kier molecular flexibility index (Phi) is 3.15. The topological polar surface area (TPSA) is 95.5 Å². The Bertz CT molecular complexity index is 645. The van der Waals surface area contributed by atoms with Crippen molar-refractivity contribution in [3.8, 4) is 11.5 Å². The van der Waals surface area contributed by atoms with Gasteiger partial charge in [-0.25, -0.2) is 9.97 Å². The highest BCUT2D eigenvalue weighted by Crippen LogP contribution is 2.30. The summed E-state index contributed by atoms with van der Waals surface area (Å²) in [5.41, 5.74) is 8.35. The Morgan fingerprint density at radius 3 is 3.00 bits per heavy atom. The summed E-state index contributed by atoms with van der Waals surface area (Å²) in [4.78, 5) is 10.4. The van der Waals surface area contributed by atoms with Gasteiger partial charge < -0.3 is 15.9 Å². The molecule has 0 fully saturated rings. The van der Waals surface area contributed by atoms with Crippen molar-refractivity contribution in [3.05, 3.63) is 41.2 Å². The number of hydrogen-bond acceptors (Lipinski definition) is 6. The lowest BCUT2D eigenvalue weighted by atomic mass is 10.1. The van der Waals surface area contributed by atoms with Gasteiger partial charge in [-0.1, -0.05) is 12.1 Å². The van der Waals surface area contributed by atoms with Gasteiger partial charge in [0.25, 0.3) is 0 Å². The number of nitrogen functional groups attached to an aromatic ring is 1. The van der Waals surface area contributed by atoms with Crippen LogP contribution in [-0.2, 0) is 19.5 Å². The van der Waals surface area contributed by atoms with Crippen LogP contribution in [0.5, 0.6) is 11.5 Å². The Morgan fingerprint density at radius 2 is 2.15 bits per heavy atom. The molecule has 4 N–H and O–H groups in total. The number of fused-ring (bicyclic) bond motifs is 1. The first-order valence-electron chi connectivity index (χ1n) is 6.46. The van der Waals surface area contributed by atoms with Crippen LogP contribution in [0.15, 0.2) is 24.4 Å². The van der Waals surface area contributed by atoms with Crippen LogP contribution in [0, 0.1) is 0 Å². The second-order valence-corrected chi connectivity index (χ2v) is 4.95. The van der Waals surface area contributed by atoms with E-state index < -0.39 is 0 Å².